The Labute approximate surface area is 154 Å². The summed E-state index contributed by atoms with van der Waals surface area (Å²) in [6, 6.07) is 3.89. The number of nitrogens with two attached hydrogens (primary N) is 1. The average Bonchev–Trinajstić information content (AvgIpc) is 3.07. The molecule has 0 bridgehead atoms. The number of nitrogens with zero attached hydrogens (tertiary/aromatic N) is 3. The second-order valence-electron chi connectivity index (χ2n) is 5.83. The Kier molecular flexibility index (Phi) is 7.35. The molecule has 2 aliphatic rings. The van der Waals surface area contributed by atoms with E-state index >= 15 is 0 Å². The van der Waals surface area contributed by atoms with Crippen LogP contribution in [0.25, 0.3) is 0 Å². The van der Waals surface area contributed by atoms with Crippen molar-refractivity contribution in [1.82, 2.24) is 9.88 Å². The van der Waals surface area contributed by atoms with E-state index in [1.54, 1.807) is 6.20 Å². The van der Waals surface area contributed by atoms with Gasteiger partial charge < -0.3 is 20.1 Å². The Morgan fingerprint density at radius 3 is 2.96 bits per heavy atom. The summed E-state index contributed by atoms with van der Waals surface area (Å²) in [6.07, 6.45) is 6.49. The van der Waals surface area contributed by atoms with Crippen molar-refractivity contribution in [2.75, 3.05) is 26.3 Å². The quantitative estimate of drug-likeness (QED) is 0.449. The lowest BCUT2D eigenvalue weighted by molar-refractivity contribution is 0.138. The van der Waals surface area contributed by atoms with Crippen molar-refractivity contribution in [3.8, 4) is 5.88 Å². The van der Waals surface area contributed by atoms with E-state index in [-0.39, 0.29) is 30.1 Å². The first-order chi connectivity index (χ1) is 10.8. The fourth-order valence-electron chi connectivity index (χ4n) is 2.79. The number of piperidine rings is 1. The highest BCUT2D eigenvalue weighted by atomic mass is 127. The standard InChI is InChI=1S/C16H24N4O2.HI/c17-16(20-7-2-1-3-8-20)19-11-13-4-6-18-15(10-13)22-14-5-9-21-12-14;/h4,6,10,14H,1-3,5,7-9,11-12H2,(H2,17,19);1H. The molecule has 1 atom stereocenters. The molecule has 0 aromatic carbocycles. The second-order valence-corrected chi connectivity index (χ2v) is 5.83. The third-order valence-corrected chi connectivity index (χ3v) is 4.08. The maximum Gasteiger partial charge on any atom is 0.213 e. The topological polar surface area (TPSA) is 73.0 Å². The predicted molar refractivity (Wildman–Crippen MR) is 100 cm³/mol. The van der Waals surface area contributed by atoms with Gasteiger partial charge in [0.05, 0.1) is 19.8 Å². The van der Waals surface area contributed by atoms with Crippen LogP contribution in [0.15, 0.2) is 23.3 Å². The van der Waals surface area contributed by atoms with Crippen LogP contribution in [0.2, 0.25) is 0 Å². The number of halogens is 1. The van der Waals surface area contributed by atoms with Crippen LogP contribution in [0.3, 0.4) is 0 Å². The normalized spacial score (nSPS) is 21.8. The zero-order valence-corrected chi connectivity index (χ0v) is 15.6. The minimum Gasteiger partial charge on any atom is -0.472 e. The molecule has 2 fully saturated rings. The molecular weight excluding hydrogens is 407 g/mol. The average molecular weight is 432 g/mol. The lowest BCUT2D eigenvalue weighted by Gasteiger charge is -2.27. The first-order valence-corrected chi connectivity index (χ1v) is 8.05. The van der Waals surface area contributed by atoms with Gasteiger partial charge in [0.25, 0.3) is 0 Å². The predicted octanol–water partition coefficient (Wildman–Crippen LogP) is 2.17. The summed E-state index contributed by atoms with van der Waals surface area (Å²) >= 11 is 0. The SMILES string of the molecule is I.NC(=NCc1ccnc(OC2CCOC2)c1)N1CCCCC1. The second kappa shape index (κ2) is 9.27. The minimum absolute atomic E-state index is 0. The number of pyridine rings is 1. The van der Waals surface area contributed by atoms with Gasteiger partial charge in [-0.2, -0.15) is 0 Å². The zero-order valence-electron chi connectivity index (χ0n) is 13.3. The highest BCUT2D eigenvalue weighted by molar-refractivity contribution is 14.0. The van der Waals surface area contributed by atoms with Crippen LogP contribution in [-0.4, -0.2) is 48.3 Å². The first-order valence-electron chi connectivity index (χ1n) is 8.05. The van der Waals surface area contributed by atoms with Crippen molar-refractivity contribution in [3.05, 3.63) is 23.9 Å². The van der Waals surface area contributed by atoms with Gasteiger partial charge in [-0.3, -0.25) is 0 Å². The van der Waals surface area contributed by atoms with E-state index in [1.807, 2.05) is 12.1 Å². The molecule has 128 valence electrons. The Bertz CT molecular complexity index is 515. The van der Waals surface area contributed by atoms with Crippen molar-refractivity contribution in [3.63, 3.8) is 0 Å². The van der Waals surface area contributed by atoms with E-state index in [2.05, 4.69) is 14.9 Å². The van der Waals surface area contributed by atoms with E-state index < -0.39 is 0 Å². The molecule has 7 heteroatoms. The number of hydrogen-bond donors (Lipinski definition) is 1. The number of aliphatic imine (C=N–C) groups is 1. The summed E-state index contributed by atoms with van der Waals surface area (Å²) in [5, 5.41) is 0. The molecule has 0 radical (unpaired) electrons. The van der Waals surface area contributed by atoms with Gasteiger partial charge in [-0.05, 0) is 30.9 Å². The van der Waals surface area contributed by atoms with E-state index in [9.17, 15) is 0 Å². The van der Waals surface area contributed by atoms with Gasteiger partial charge >= 0.3 is 0 Å². The number of hydrogen-bond acceptors (Lipinski definition) is 4. The molecule has 0 amide bonds. The lowest BCUT2D eigenvalue weighted by Crippen LogP contribution is -2.40. The minimum atomic E-state index is 0. The summed E-state index contributed by atoms with van der Waals surface area (Å²) < 4.78 is 11.1. The number of rotatable bonds is 4. The molecular formula is C16H25IN4O2. The van der Waals surface area contributed by atoms with Crippen LogP contribution >= 0.6 is 24.0 Å². The number of guanidine groups is 1. The molecule has 0 saturated carbocycles. The monoisotopic (exact) mass is 432 g/mol. The molecule has 0 spiro atoms. The van der Waals surface area contributed by atoms with Crippen LogP contribution in [0.5, 0.6) is 5.88 Å². The smallest absolute Gasteiger partial charge is 0.213 e. The van der Waals surface area contributed by atoms with E-state index in [0.29, 0.717) is 25.0 Å². The highest BCUT2D eigenvalue weighted by Gasteiger charge is 2.17. The molecule has 1 unspecified atom stereocenters. The largest absolute Gasteiger partial charge is 0.472 e. The van der Waals surface area contributed by atoms with E-state index in [4.69, 9.17) is 15.2 Å². The molecule has 0 aliphatic carbocycles. The van der Waals surface area contributed by atoms with Gasteiger partial charge in [0, 0.05) is 31.8 Å². The fourth-order valence-corrected chi connectivity index (χ4v) is 2.79. The molecule has 2 saturated heterocycles. The number of likely N-dealkylation sites (tertiary alicyclic amines) is 1. The van der Waals surface area contributed by atoms with Gasteiger partial charge in [0.2, 0.25) is 5.88 Å². The third kappa shape index (κ3) is 5.49. The molecule has 2 N–H and O–H groups in total. The third-order valence-electron chi connectivity index (χ3n) is 4.08. The van der Waals surface area contributed by atoms with Crippen molar-refractivity contribution in [1.29, 1.82) is 0 Å². The molecule has 2 aliphatic heterocycles. The maximum absolute atomic E-state index is 6.08. The Morgan fingerprint density at radius 2 is 2.22 bits per heavy atom. The van der Waals surface area contributed by atoms with Crippen LogP contribution in [-0.2, 0) is 11.3 Å². The maximum atomic E-state index is 6.08. The summed E-state index contributed by atoms with van der Waals surface area (Å²) in [5.41, 5.74) is 7.14. The molecule has 6 nitrogen and oxygen atoms in total. The zero-order chi connectivity index (χ0) is 15.2. The number of ether oxygens (including phenoxy) is 2. The van der Waals surface area contributed by atoms with E-state index in [1.165, 1.54) is 19.3 Å². The highest BCUT2D eigenvalue weighted by Crippen LogP contribution is 2.16. The van der Waals surface area contributed by atoms with Gasteiger partial charge in [-0.1, -0.05) is 0 Å². The first kappa shape index (κ1) is 18.3. The van der Waals surface area contributed by atoms with Crippen molar-refractivity contribution in [2.24, 2.45) is 10.7 Å². The molecule has 3 heterocycles. The van der Waals surface area contributed by atoms with Crippen molar-refractivity contribution < 1.29 is 9.47 Å². The fraction of sp³-hybridized carbons (Fsp3) is 0.625. The Balaban J connectivity index is 0.00000192. The summed E-state index contributed by atoms with van der Waals surface area (Å²) in [7, 11) is 0. The Hall–Kier alpha value is -1.09. The summed E-state index contributed by atoms with van der Waals surface area (Å²) in [4.78, 5) is 10.9. The number of aromatic nitrogens is 1. The molecule has 1 aromatic rings. The van der Waals surface area contributed by atoms with Crippen LogP contribution in [0.1, 0.15) is 31.2 Å². The van der Waals surface area contributed by atoms with Gasteiger partial charge in [-0.25, -0.2) is 9.98 Å². The van der Waals surface area contributed by atoms with Crippen molar-refractivity contribution >= 4 is 29.9 Å². The van der Waals surface area contributed by atoms with Crippen molar-refractivity contribution in [2.45, 2.75) is 38.3 Å². The Morgan fingerprint density at radius 1 is 1.39 bits per heavy atom. The van der Waals surface area contributed by atoms with Crippen LogP contribution in [0.4, 0.5) is 0 Å². The van der Waals surface area contributed by atoms with Crippen LogP contribution < -0.4 is 10.5 Å². The van der Waals surface area contributed by atoms with Crippen LogP contribution in [0, 0.1) is 0 Å². The van der Waals surface area contributed by atoms with Gasteiger partial charge in [0.15, 0.2) is 5.96 Å². The van der Waals surface area contributed by atoms with E-state index in [0.717, 1.165) is 31.7 Å². The summed E-state index contributed by atoms with van der Waals surface area (Å²) in [5.74, 6) is 1.28. The van der Waals surface area contributed by atoms with Gasteiger partial charge in [-0.15, -0.1) is 24.0 Å². The molecule has 23 heavy (non-hydrogen) atoms. The summed E-state index contributed by atoms with van der Waals surface area (Å²) in [6.45, 7) is 4.00. The van der Waals surface area contributed by atoms with Gasteiger partial charge in [0.1, 0.15) is 6.10 Å². The lowest BCUT2D eigenvalue weighted by atomic mass is 10.1. The molecule has 1 aromatic heterocycles. The molecule has 3 rings (SSSR count).